The van der Waals surface area contributed by atoms with Gasteiger partial charge in [0.25, 0.3) is 0 Å². The van der Waals surface area contributed by atoms with E-state index in [1.807, 2.05) is 54.5 Å². The highest BCUT2D eigenvalue weighted by atomic mass is 127. The van der Waals surface area contributed by atoms with Gasteiger partial charge in [-0.05, 0) is 0 Å². The number of piperazine rings is 1. The van der Waals surface area contributed by atoms with Crippen molar-refractivity contribution in [2.75, 3.05) is 31.6 Å². The Morgan fingerprint density at radius 2 is 2.07 bits per heavy atom. The summed E-state index contributed by atoms with van der Waals surface area (Å²) in [5.74, 6) is 1.39. The number of halogens is 1. The molecule has 0 radical (unpaired) electrons. The van der Waals surface area contributed by atoms with Crippen LogP contribution in [-0.2, 0) is 18.4 Å². The minimum atomic E-state index is 0. The second-order valence-corrected chi connectivity index (χ2v) is 6.79. The predicted molar refractivity (Wildman–Crippen MR) is 125 cm³/mol. The molecule has 3 aromatic rings. The average molecular weight is 521 g/mol. The van der Waals surface area contributed by atoms with Crippen molar-refractivity contribution >= 4 is 41.5 Å². The molecular formula is C20H24IN7O2. The number of guanidine groups is 1. The van der Waals surface area contributed by atoms with E-state index in [1.54, 1.807) is 22.8 Å². The van der Waals surface area contributed by atoms with Gasteiger partial charge in [-0.3, -0.25) is 14.5 Å². The van der Waals surface area contributed by atoms with Crippen molar-refractivity contribution in [2.45, 2.75) is 6.54 Å². The first-order valence-corrected chi connectivity index (χ1v) is 9.39. The standard InChI is InChI=1S/C20H23N7O2.HI/c1-21-20(22-11-16-10-18(29-24-16)15-6-4-3-5-7-15)26-8-9-27(19(28)14-26)17-12-23-25(2)13-17;/h3-7,10,12-13H,8-9,11,14H2,1-2H3,(H,21,22);1H. The first-order valence-electron chi connectivity index (χ1n) is 9.39. The summed E-state index contributed by atoms with van der Waals surface area (Å²) >= 11 is 0. The monoisotopic (exact) mass is 521 g/mol. The quantitative estimate of drug-likeness (QED) is 0.322. The number of carbonyl (C=O) groups excluding carboxylic acids is 1. The second-order valence-electron chi connectivity index (χ2n) is 6.79. The molecule has 1 aliphatic heterocycles. The highest BCUT2D eigenvalue weighted by Gasteiger charge is 2.27. The van der Waals surface area contributed by atoms with Gasteiger partial charge in [0, 0.05) is 45.0 Å². The molecule has 0 unspecified atom stereocenters. The Labute approximate surface area is 191 Å². The van der Waals surface area contributed by atoms with E-state index >= 15 is 0 Å². The fourth-order valence-corrected chi connectivity index (χ4v) is 3.31. The molecule has 1 N–H and O–H groups in total. The van der Waals surface area contributed by atoms with Crippen molar-refractivity contribution < 1.29 is 9.32 Å². The first kappa shape index (κ1) is 21.8. The van der Waals surface area contributed by atoms with Crippen molar-refractivity contribution in [2.24, 2.45) is 12.0 Å². The van der Waals surface area contributed by atoms with E-state index in [4.69, 9.17) is 4.52 Å². The lowest BCUT2D eigenvalue weighted by atomic mass is 10.2. The van der Waals surface area contributed by atoms with Gasteiger partial charge < -0.3 is 19.6 Å². The molecule has 1 aromatic carbocycles. The molecule has 0 aliphatic carbocycles. The van der Waals surface area contributed by atoms with Gasteiger partial charge in [-0.1, -0.05) is 35.5 Å². The number of aliphatic imine (C=N–C) groups is 1. The molecular weight excluding hydrogens is 497 g/mol. The summed E-state index contributed by atoms with van der Waals surface area (Å²) < 4.78 is 7.12. The Balaban J connectivity index is 0.00000256. The van der Waals surface area contributed by atoms with E-state index < -0.39 is 0 Å². The maximum Gasteiger partial charge on any atom is 0.246 e. The van der Waals surface area contributed by atoms with Crippen LogP contribution in [0.3, 0.4) is 0 Å². The highest BCUT2D eigenvalue weighted by Crippen LogP contribution is 2.20. The topological polar surface area (TPSA) is 91.8 Å². The number of hydrogen-bond donors (Lipinski definition) is 1. The van der Waals surface area contributed by atoms with Gasteiger partial charge in [0.1, 0.15) is 12.2 Å². The fourth-order valence-electron chi connectivity index (χ4n) is 3.31. The van der Waals surface area contributed by atoms with Gasteiger partial charge in [-0.2, -0.15) is 5.10 Å². The summed E-state index contributed by atoms with van der Waals surface area (Å²) in [7, 11) is 3.54. The van der Waals surface area contributed by atoms with E-state index in [-0.39, 0.29) is 36.4 Å². The molecule has 1 fully saturated rings. The molecule has 1 amide bonds. The third-order valence-corrected chi connectivity index (χ3v) is 4.78. The van der Waals surface area contributed by atoms with Crippen molar-refractivity contribution in [3.63, 3.8) is 0 Å². The summed E-state index contributed by atoms with van der Waals surface area (Å²) in [6.07, 6.45) is 3.55. The minimum Gasteiger partial charge on any atom is -0.356 e. The molecule has 1 aliphatic rings. The molecule has 4 rings (SSSR count). The molecule has 0 atom stereocenters. The predicted octanol–water partition coefficient (Wildman–Crippen LogP) is 2.12. The Morgan fingerprint density at radius 3 is 2.73 bits per heavy atom. The Hall–Kier alpha value is -2.89. The van der Waals surface area contributed by atoms with Crippen LogP contribution in [0.5, 0.6) is 0 Å². The number of nitrogens with one attached hydrogen (secondary N) is 1. The summed E-state index contributed by atoms with van der Waals surface area (Å²) in [6.45, 7) is 1.96. The number of aromatic nitrogens is 3. The zero-order chi connectivity index (χ0) is 20.2. The first-order chi connectivity index (χ1) is 14.1. The smallest absolute Gasteiger partial charge is 0.246 e. The van der Waals surface area contributed by atoms with Gasteiger partial charge in [-0.25, -0.2) is 0 Å². The molecule has 10 heteroatoms. The number of rotatable bonds is 4. The third-order valence-electron chi connectivity index (χ3n) is 4.78. The van der Waals surface area contributed by atoms with Crippen LogP contribution >= 0.6 is 24.0 Å². The molecule has 158 valence electrons. The second kappa shape index (κ2) is 9.74. The van der Waals surface area contributed by atoms with E-state index in [9.17, 15) is 4.79 Å². The van der Waals surface area contributed by atoms with Gasteiger partial charge in [-0.15, -0.1) is 24.0 Å². The molecule has 0 spiro atoms. The summed E-state index contributed by atoms with van der Waals surface area (Å²) in [5, 5.41) is 11.5. The average Bonchev–Trinajstić information content (AvgIpc) is 3.38. The largest absolute Gasteiger partial charge is 0.356 e. The van der Waals surface area contributed by atoms with E-state index in [2.05, 4.69) is 20.6 Å². The summed E-state index contributed by atoms with van der Waals surface area (Å²) in [5.41, 5.74) is 2.56. The summed E-state index contributed by atoms with van der Waals surface area (Å²) in [4.78, 5) is 20.6. The normalized spacial score (nSPS) is 14.6. The van der Waals surface area contributed by atoms with E-state index in [0.717, 1.165) is 22.7 Å². The zero-order valence-corrected chi connectivity index (χ0v) is 19.2. The lowest BCUT2D eigenvalue weighted by Crippen LogP contribution is -2.55. The maximum atomic E-state index is 12.6. The SMILES string of the molecule is CN=C(NCc1cc(-c2ccccc2)on1)N1CCN(c2cnn(C)c2)C(=O)C1.I. The van der Waals surface area contributed by atoms with Crippen LogP contribution < -0.4 is 10.2 Å². The van der Waals surface area contributed by atoms with Crippen molar-refractivity contribution in [3.8, 4) is 11.3 Å². The number of benzene rings is 1. The number of amides is 1. The molecule has 1 saturated heterocycles. The van der Waals surface area contributed by atoms with Gasteiger partial charge in [0.2, 0.25) is 5.91 Å². The Kier molecular flexibility index (Phi) is 7.08. The Morgan fingerprint density at radius 1 is 1.27 bits per heavy atom. The number of carbonyl (C=O) groups is 1. The molecule has 0 bridgehead atoms. The van der Waals surface area contributed by atoms with E-state index in [0.29, 0.717) is 25.6 Å². The highest BCUT2D eigenvalue weighted by molar-refractivity contribution is 14.0. The third kappa shape index (κ3) is 4.81. The minimum absolute atomic E-state index is 0. The number of hydrogen-bond acceptors (Lipinski definition) is 5. The van der Waals surface area contributed by atoms with Crippen molar-refractivity contribution in [3.05, 3.63) is 54.5 Å². The Bertz CT molecular complexity index is 1020. The zero-order valence-electron chi connectivity index (χ0n) is 16.9. The molecule has 9 nitrogen and oxygen atoms in total. The number of nitrogens with zero attached hydrogens (tertiary/aromatic N) is 6. The number of anilines is 1. The fraction of sp³-hybridized carbons (Fsp3) is 0.300. The molecule has 30 heavy (non-hydrogen) atoms. The summed E-state index contributed by atoms with van der Waals surface area (Å²) in [6, 6.07) is 11.7. The molecule has 3 heterocycles. The van der Waals surface area contributed by atoms with Crippen LogP contribution in [-0.4, -0.2) is 58.4 Å². The van der Waals surface area contributed by atoms with Crippen LogP contribution in [0, 0.1) is 0 Å². The lowest BCUT2D eigenvalue weighted by molar-refractivity contribution is -0.120. The molecule has 0 saturated carbocycles. The van der Waals surface area contributed by atoms with Crippen LogP contribution in [0.1, 0.15) is 5.69 Å². The van der Waals surface area contributed by atoms with Crippen LogP contribution in [0.2, 0.25) is 0 Å². The van der Waals surface area contributed by atoms with Gasteiger partial charge in [0.05, 0.1) is 18.4 Å². The van der Waals surface area contributed by atoms with Crippen molar-refractivity contribution in [1.29, 1.82) is 0 Å². The van der Waals surface area contributed by atoms with Crippen LogP contribution in [0.4, 0.5) is 5.69 Å². The lowest BCUT2D eigenvalue weighted by Gasteiger charge is -2.35. The van der Waals surface area contributed by atoms with Gasteiger partial charge in [0.15, 0.2) is 11.7 Å². The van der Waals surface area contributed by atoms with Crippen LogP contribution in [0.15, 0.2) is 58.3 Å². The molecule has 2 aromatic heterocycles. The van der Waals surface area contributed by atoms with Gasteiger partial charge >= 0.3 is 0 Å². The van der Waals surface area contributed by atoms with Crippen molar-refractivity contribution in [1.82, 2.24) is 25.2 Å². The maximum absolute atomic E-state index is 12.6. The van der Waals surface area contributed by atoms with E-state index in [1.165, 1.54) is 0 Å². The number of aryl methyl sites for hydroxylation is 1. The van der Waals surface area contributed by atoms with Crippen LogP contribution in [0.25, 0.3) is 11.3 Å².